The first-order valence-electron chi connectivity index (χ1n) is 5.69. The van der Waals surface area contributed by atoms with Crippen LogP contribution in [-0.2, 0) is 7.05 Å². The molecule has 90 valence electrons. The highest BCUT2D eigenvalue weighted by Crippen LogP contribution is 2.26. The molecular formula is C14H12ClN3. The maximum Gasteiger partial charge on any atom is 0.208 e. The highest BCUT2D eigenvalue weighted by molar-refractivity contribution is 6.33. The molecule has 0 saturated carbocycles. The SMILES string of the molecule is Cn1c(Nc2ccccc2Cl)nc2ccccc21. The van der Waals surface area contributed by atoms with Gasteiger partial charge in [0.2, 0.25) is 5.95 Å². The Balaban J connectivity index is 2.06. The summed E-state index contributed by atoms with van der Waals surface area (Å²) in [6, 6.07) is 15.7. The van der Waals surface area contributed by atoms with E-state index in [-0.39, 0.29) is 0 Å². The summed E-state index contributed by atoms with van der Waals surface area (Å²) in [6.45, 7) is 0. The Kier molecular flexibility index (Phi) is 2.68. The number of rotatable bonds is 2. The molecule has 3 aromatic rings. The van der Waals surface area contributed by atoms with Crippen LogP contribution in [0.1, 0.15) is 0 Å². The molecule has 18 heavy (non-hydrogen) atoms. The van der Waals surface area contributed by atoms with Gasteiger partial charge in [0.15, 0.2) is 0 Å². The number of halogens is 1. The molecule has 3 nitrogen and oxygen atoms in total. The Labute approximate surface area is 110 Å². The first kappa shape index (κ1) is 11.1. The smallest absolute Gasteiger partial charge is 0.208 e. The lowest BCUT2D eigenvalue weighted by Crippen LogP contribution is -1.99. The fraction of sp³-hybridized carbons (Fsp3) is 0.0714. The first-order valence-corrected chi connectivity index (χ1v) is 6.06. The second-order valence-electron chi connectivity index (χ2n) is 4.09. The minimum atomic E-state index is 0.685. The van der Waals surface area contributed by atoms with Crippen LogP contribution >= 0.6 is 11.6 Å². The van der Waals surface area contributed by atoms with Crippen LogP contribution in [0.25, 0.3) is 11.0 Å². The van der Waals surface area contributed by atoms with Gasteiger partial charge in [0, 0.05) is 7.05 Å². The molecule has 4 heteroatoms. The van der Waals surface area contributed by atoms with Crippen molar-refractivity contribution in [2.24, 2.45) is 7.05 Å². The van der Waals surface area contributed by atoms with Crippen molar-refractivity contribution >= 4 is 34.3 Å². The zero-order valence-electron chi connectivity index (χ0n) is 9.89. The van der Waals surface area contributed by atoms with Crippen LogP contribution in [0.2, 0.25) is 5.02 Å². The molecular weight excluding hydrogens is 246 g/mol. The summed E-state index contributed by atoms with van der Waals surface area (Å²) in [5, 5.41) is 3.93. The summed E-state index contributed by atoms with van der Waals surface area (Å²) in [7, 11) is 1.98. The summed E-state index contributed by atoms with van der Waals surface area (Å²) in [5.41, 5.74) is 2.92. The van der Waals surface area contributed by atoms with Gasteiger partial charge in [0.1, 0.15) is 0 Å². The number of aromatic nitrogens is 2. The molecule has 0 amide bonds. The standard InChI is InChI=1S/C14H12ClN3/c1-18-13-9-5-4-8-12(13)17-14(18)16-11-7-3-2-6-10(11)15/h2-9H,1H3,(H,16,17). The number of para-hydroxylation sites is 3. The normalized spacial score (nSPS) is 10.8. The van der Waals surface area contributed by atoms with Gasteiger partial charge in [-0.1, -0.05) is 35.9 Å². The van der Waals surface area contributed by atoms with Crippen LogP contribution < -0.4 is 5.32 Å². The molecule has 0 spiro atoms. The second kappa shape index (κ2) is 4.35. The molecule has 0 saturated heterocycles. The molecule has 0 radical (unpaired) electrons. The monoisotopic (exact) mass is 257 g/mol. The van der Waals surface area contributed by atoms with E-state index in [1.807, 2.05) is 60.1 Å². The fourth-order valence-electron chi connectivity index (χ4n) is 1.94. The van der Waals surface area contributed by atoms with Crippen LogP contribution in [0.15, 0.2) is 48.5 Å². The van der Waals surface area contributed by atoms with Crippen LogP contribution in [0.3, 0.4) is 0 Å². The highest BCUT2D eigenvalue weighted by Gasteiger charge is 2.08. The molecule has 0 unspecified atom stereocenters. The number of nitrogens with one attached hydrogen (secondary N) is 1. The van der Waals surface area contributed by atoms with Crippen LogP contribution in [0.5, 0.6) is 0 Å². The number of hydrogen-bond acceptors (Lipinski definition) is 2. The van der Waals surface area contributed by atoms with Gasteiger partial charge < -0.3 is 9.88 Å². The van der Waals surface area contributed by atoms with Gasteiger partial charge in [0.05, 0.1) is 21.7 Å². The molecule has 0 bridgehead atoms. The second-order valence-corrected chi connectivity index (χ2v) is 4.50. The number of anilines is 2. The maximum absolute atomic E-state index is 6.13. The van der Waals surface area contributed by atoms with Gasteiger partial charge in [-0.25, -0.2) is 4.98 Å². The third-order valence-corrected chi connectivity index (χ3v) is 3.24. The average Bonchev–Trinajstić information content (AvgIpc) is 2.70. The Morgan fingerprint density at radius 3 is 2.56 bits per heavy atom. The third-order valence-electron chi connectivity index (χ3n) is 2.91. The topological polar surface area (TPSA) is 29.9 Å². The number of fused-ring (bicyclic) bond motifs is 1. The molecule has 3 rings (SSSR count). The summed E-state index contributed by atoms with van der Waals surface area (Å²) in [5.74, 6) is 0.782. The van der Waals surface area contributed by atoms with Crippen LogP contribution in [0.4, 0.5) is 11.6 Å². The Hall–Kier alpha value is -2.00. The van der Waals surface area contributed by atoms with E-state index in [4.69, 9.17) is 11.6 Å². The van der Waals surface area contributed by atoms with E-state index in [1.54, 1.807) is 0 Å². The van der Waals surface area contributed by atoms with Crippen molar-refractivity contribution in [3.05, 3.63) is 53.6 Å². The third kappa shape index (κ3) is 1.83. The lowest BCUT2D eigenvalue weighted by atomic mass is 10.3. The first-order chi connectivity index (χ1) is 8.75. The van der Waals surface area contributed by atoms with Crippen molar-refractivity contribution < 1.29 is 0 Å². The lowest BCUT2D eigenvalue weighted by Gasteiger charge is -2.07. The lowest BCUT2D eigenvalue weighted by molar-refractivity contribution is 0.958. The van der Waals surface area contributed by atoms with E-state index in [9.17, 15) is 0 Å². The molecule has 2 aromatic carbocycles. The largest absolute Gasteiger partial charge is 0.324 e. The highest BCUT2D eigenvalue weighted by atomic mass is 35.5. The predicted molar refractivity (Wildman–Crippen MR) is 75.4 cm³/mol. The molecule has 0 fully saturated rings. The summed E-state index contributed by atoms with van der Waals surface area (Å²) >= 11 is 6.13. The average molecular weight is 258 g/mol. The van der Waals surface area contributed by atoms with Gasteiger partial charge >= 0.3 is 0 Å². The van der Waals surface area contributed by atoms with Gasteiger partial charge in [-0.15, -0.1) is 0 Å². The zero-order valence-corrected chi connectivity index (χ0v) is 10.6. The quantitative estimate of drug-likeness (QED) is 0.753. The number of hydrogen-bond donors (Lipinski definition) is 1. The van der Waals surface area contributed by atoms with Gasteiger partial charge in [-0.3, -0.25) is 0 Å². The van der Waals surface area contributed by atoms with Crippen molar-refractivity contribution in [3.63, 3.8) is 0 Å². The molecule has 1 N–H and O–H groups in total. The number of nitrogens with zero attached hydrogens (tertiary/aromatic N) is 2. The van der Waals surface area contributed by atoms with Crippen molar-refractivity contribution in [1.29, 1.82) is 0 Å². The molecule has 0 aliphatic heterocycles. The number of imidazole rings is 1. The Morgan fingerprint density at radius 1 is 1.06 bits per heavy atom. The van der Waals surface area contributed by atoms with Crippen molar-refractivity contribution in [3.8, 4) is 0 Å². The van der Waals surface area contributed by atoms with Gasteiger partial charge in [-0.2, -0.15) is 0 Å². The predicted octanol–water partition coefficient (Wildman–Crippen LogP) is 3.97. The van der Waals surface area contributed by atoms with Crippen molar-refractivity contribution in [2.45, 2.75) is 0 Å². The Bertz CT molecular complexity index is 703. The minimum absolute atomic E-state index is 0.685. The molecule has 0 aliphatic rings. The molecule has 0 aliphatic carbocycles. The van der Waals surface area contributed by atoms with E-state index in [2.05, 4.69) is 10.3 Å². The van der Waals surface area contributed by atoms with Crippen molar-refractivity contribution in [2.75, 3.05) is 5.32 Å². The van der Waals surface area contributed by atoms with Crippen LogP contribution in [-0.4, -0.2) is 9.55 Å². The van der Waals surface area contributed by atoms with Crippen LogP contribution in [0, 0.1) is 0 Å². The van der Waals surface area contributed by atoms with E-state index >= 15 is 0 Å². The number of benzene rings is 2. The van der Waals surface area contributed by atoms with E-state index in [0.29, 0.717) is 5.02 Å². The summed E-state index contributed by atoms with van der Waals surface area (Å²) < 4.78 is 2.01. The van der Waals surface area contributed by atoms with E-state index in [0.717, 1.165) is 22.7 Å². The van der Waals surface area contributed by atoms with E-state index < -0.39 is 0 Å². The van der Waals surface area contributed by atoms with Gasteiger partial charge in [0.25, 0.3) is 0 Å². The molecule has 1 heterocycles. The van der Waals surface area contributed by atoms with Crippen molar-refractivity contribution in [1.82, 2.24) is 9.55 Å². The summed E-state index contributed by atoms with van der Waals surface area (Å²) in [4.78, 5) is 4.54. The summed E-state index contributed by atoms with van der Waals surface area (Å²) in [6.07, 6.45) is 0. The molecule has 0 atom stereocenters. The molecule has 1 aromatic heterocycles. The van der Waals surface area contributed by atoms with Gasteiger partial charge in [-0.05, 0) is 24.3 Å². The fourth-order valence-corrected chi connectivity index (χ4v) is 2.12. The Morgan fingerprint density at radius 2 is 1.78 bits per heavy atom. The maximum atomic E-state index is 6.13. The van der Waals surface area contributed by atoms with E-state index in [1.165, 1.54) is 0 Å². The zero-order chi connectivity index (χ0) is 12.5. The minimum Gasteiger partial charge on any atom is -0.324 e. The number of aryl methyl sites for hydroxylation is 1.